The van der Waals surface area contributed by atoms with Crippen LogP contribution < -0.4 is 10.0 Å². The van der Waals surface area contributed by atoms with E-state index >= 15 is 0 Å². The second-order valence-electron chi connectivity index (χ2n) is 3.81. The van der Waals surface area contributed by atoms with E-state index in [4.69, 9.17) is 0 Å². The smallest absolute Gasteiger partial charge is 0.240 e. The minimum atomic E-state index is -3.51. The molecule has 0 unspecified atom stereocenters. The summed E-state index contributed by atoms with van der Waals surface area (Å²) in [6.07, 6.45) is 1.01. The van der Waals surface area contributed by atoms with Gasteiger partial charge >= 0.3 is 0 Å². The van der Waals surface area contributed by atoms with Crippen LogP contribution in [0.3, 0.4) is 0 Å². The van der Waals surface area contributed by atoms with Gasteiger partial charge in [-0.2, -0.15) is 0 Å². The van der Waals surface area contributed by atoms with Crippen LogP contribution in [0.1, 0.15) is 19.8 Å². The summed E-state index contributed by atoms with van der Waals surface area (Å²) in [7, 11) is -3.51. The van der Waals surface area contributed by atoms with Crippen LogP contribution in [0.15, 0.2) is 35.2 Å². The zero-order valence-electron chi connectivity index (χ0n) is 10.3. The molecule has 6 heteroatoms. The van der Waals surface area contributed by atoms with Crippen molar-refractivity contribution in [3.05, 3.63) is 30.3 Å². The minimum absolute atomic E-state index is 0.104. The third-order valence-corrected chi connectivity index (χ3v) is 3.75. The zero-order chi connectivity index (χ0) is 13.4. The van der Waals surface area contributed by atoms with E-state index in [1.807, 2.05) is 6.92 Å². The van der Waals surface area contributed by atoms with E-state index in [1.54, 1.807) is 18.2 Å². The second-order valence-corrected chi connectivity index (χ2v) is 5.58. The fourth-order valence-electron chi connectivity index (χ4n) is 1.33. The van der Waals surface area contributed by atoms with Gasteiger partial charge < -0.3 is 5.32 Å². The van der Waals surface area contributed by atoms with Crippen LogP contribution in [0.2, 0.25) is 0 Å². The average Bonchev–Trinajstić information content (AvgIpc) is 2.37. The first-order chi connectivity index (χ1) is 8.56. The van der Waals surface area contributed by atoms with Crippen molar-refractivity contribution >= 4 is 15.9 Å². The van der Waals surface area contributed by atoms with Gasteiger partial charge in [0.15, 0.2) is 0 Å². The van der Waals surface area contributed by atoms with E-state index in [9.17, 15) is 13.2 Å². The molecule has 0 aromatic heterocycles. The zero-order valence-corrected chi connectivity index (χ0v) is 11.2. The Morgan fingerprint density at radius 3 is 2.44 bits per heavy atom. The topological polar surface area (TPSA) is 75.3 Å². The van der Waals surface area contributed by atoms with Crippen molar-refractivity contribution in [3.8, 4) is 0 Å². The van der Waals surface area contributed by atoms with E-state index in [2.05, 4.69) is 10.0 Å². The predicted molar refractivity (Wildman–Crippen MR) is 69.5 cm³/mol. The highest BCUT2D eigenvalue weighted by Gasteiger charge is 2.12. The minimum Gasteiger partial charge on any atom is -0.356 e. The highest BCUT2D eigenvalue weighted by atomic mass is 32.2. The lowest BCUT2D eigenvalue weighted by Crippen LogP contribution is -2.31. The molecule has 1 aromatic rings. The van der Waals surface area contributed by atoms with E-state index < -0.39 is 10.0 Å². The third kappa shape index (κ3) is 4.85. The highest BCUT2D eigenvalue weighted by Crippen LogP contribution is 2.06. The molecule has 18 heavy (non-hydrogen) atoms. The molecule has 5 nitrogen and oxygen atoms in total. The Balaban J connectivity index is 2.42. The van der Waals surface area contributed by atoms with Crippen LogP contribution >= 0.6 is 0 Å². The first-order valence-electron chi connectivity index (χ1n) is 5.87. The number of carbonyl (C=O) groups is 1. The number of hydrogen-bond acceptors (Lipinski definition) is 3. The molecule has 0 saturated carbocycles. The van der Waals surface area contributed by atoms with Crippen molar-refractivity contribution in [3.63, 3.8) is 0 Å². The SMILES string of the molecule is CCCNC(=O)CCNS(=O)(=O)c1ccccc1. The number of benzene rings is 1. The van der Waals surface area contributed by atoms with Gasteiger partial charge in [0.1, 0.15) is 0 Å². The van der Waals surface area contributed by atoms with Gasteiger partial charge in [0.05, 0.1) is 4.90 Å². The molecule has 0 bridgehead atoms. The van der Waals surface area contributed by atoms with Crippen molar-refractivity contribution < 1.29 is 13.2 Å². The van der Waals surface area contributed by atoms with Gasteiger partial charge in [-0.15, -0.1) is 0 Å². The fraction of sp³-hybridized carbons (Fsp3) is 0.417. The maximum atomic E-state index is 11.8. The maximum Gasteiger partial charge on any atom is 0.240 e. The normalized spacial score (nSPS) is 11.2. The molecule has 0 saturated heterocycles. The van der Waals surface area contributed by atoms with Gasteiger partial charge in [-0.05, 0) is 18.6 Å². The predicted octanol–water partition coefficient (Wildman–Crippen LogP) is 0.881. The molecule has 0 atom stereocenters. The number of carbonyl (C=O) groups excluding carboxylic acids is 1. The first kappa shape index (κ1) is 14.7. The van der Waals surface area contributed by atoms with Gasteiger partial charge in [0.25, 0.3) is 0 Å². The lowest BCUT2D eigenvalue weighted by Gasteiger charge is -2.06. The molecule has 0 aliphatic heterocycles. The molecule has 100 valence electrons. The Morgan fingerprint density at radius 2 is 1.83 bits per heavy atom. The summed E-state index contributed by atoms with van der Waals surface area (Å²) in [4.78, 5) is 11.5. The van der Waals surface area contributed by atoms with Crippen molar-refractivity contribution in [1.82, 2.24) is 10.0 Å². The Bertz CT molecular complexity index is 471. The Labute approximate surface area is 108 Å². The van der Waals surface area contributed by atoms with Gasteiger partial charge in [-0.25, -0.2) is 13.1 Å². The van der Waals surface area contributed by atoms with Crippen LogP contribution in [0, 0.1) is 0 Å². The summed E-state index contributed by atoms with van der Waals surface area (Å²) in [5.74, 6) is -0.146. The molecule has 0 heterocycles. The summed E-state index contributed by atoms with van der Waals surface area (Å²) in [5.41, 5.74) is 0. The number of rotatable bonds is 7. The van der Waals surface area contributed by atoms with Crippen LogP contribution in [0.5, 0.6) is 0 Å². The van der Waals surface area contributed by atoms with Gasteiger partial charge in [0, 0.05) is 19.5 Å². The van der Waals surface area contributed by atoms with E-state index in [1.165, 1.54) is 12.1 Å². The molecule has 0 aliphatic carbocycles. The first-order valence-corrected chi connectivity index (χ1v) is 7.36. The summed E-state index contributed by atoms with van der Waals surface area (Å²) in [6, 6.07) is 8.08. The lowest BCUT2D eigenvalue weighted by atomic mass is 10.4. The van der Waals surface area contributed by atoms with Crippen LogP contribution in [0.4, 0.5) is 0 Å². The Kier molecular flexibility index (Phi) is 5.80. The number of nitrogens with one attached hydrogen (secondary N) is 2. The molecule has 2 N–H and O–H groups in total. The summed E-state index contributed by atoms with van der Waals surface area (Å²) < 4.78 is 26.0. The third-order valence-electron chi connectivity index (χ3n) is 2.27. The number of sulfonamides is 1. The standard InChI is InChI=1S/C12H18N2O3S/c1-2-9-13-12(15)8-10-14-18(16,17)11-6-4-3-5-7-11/h3-7,14H,2,8-10H2,1H3,(H,13,15). The highest BCUT2D eigenvalue weighted by molar-refractivity contribution is 7.89. The van der Waals surface area contributed by atoms with Crippen molar-refractivity contribution in [2.75, 3.05) is 13.1 Å². The molecule has 0 aliphatic rings. The van der Waals surface area contributed by atoms with Crippen molar-refractivity contribution in [2.45, 2.75) is 24.7 Å². The molecule has 0 fully saturated rings. The van der Waals surface area contributed by atoms with Gasteiger partial charge in [-0.1, -0.05) is 25.1 Å². The largest absolute Gasteiger partial charge is 0.356 e. The summed E-state index contributed by atoms with van der Waals surface area (Å²) >= 11 is 0. The quantitative estimate of drug-likeness (QED) is 0.772. The molecule has 0 spiro atoms. The summed E-state index contributed by atoms with van der Waals surface area (Å²) in [6.45, 7) is 2.68. The van der Waals surface area contributed by atoms with Crippen LogP contribution in [-0.4, -0.2) is 27.4 Å². The molecule has 1 rings (SSSR count). The molecular formula is C12H18N2O3S. The maximum absolute atomic E-state index is 11.8. The van der Waals surface area contributed by atoms with Crippen molar-refractivity contribution in [1.29, 1.82) is 0 Å². The van der Waals surface area contributed by atoms with Gasteiger partial charge in [-0.3, -0.25) is 4.79 Å². The van der Waals surface area contributed by atoms with Gasteiger partial charge in [0.2, 0.25) is 15.9 Å². The van der Waals surface area contributed by atoms with E-state index in [0.29, 0.717) is 6.54 Å². The fourth-order valence-corrected chi connectivity index (χ4v) is 2.39. The molecule has 0 radical (unpaired) electrons. The van der Waals surface area contributed by atoms with E-state index in [0.717, 1.165) is 6.42 Å². The van der Waals surface area contributed by atoms with E-state index in [-0.39, 0.29) is 23.8 Å². The molecular weight excluding hydrogens is 252 g/mol. The van der Waals surface area contributed by atoms with Crippen LogP contribution in [-0.2, 0) is 14.8 Å². The Morgan fingerprint density at radius 1 is 1.17 bits per heavy atom. The second kappa shape index (κ2) is 7.13. The average molecular weight is 270 g/mol. The summed E-state index contributed by atoms with van der Waals surface area (Å²) in [5, 5.41) is 2.68. The van der Waals surface area contributed by atoms with Crippen LogP contribution in [0.25, 0.3) is 0 Å². The number of hydrogen-bond donors (Lipinski definition) is 2. The lowest BCUT2D eigenvalue weighted by molar-refractivity contribution is -0.120. The van der Waals surface area contributed by atoms with Crippen molar-refractivity contribution in [2.24, 2.45) is 0 Å². The number of amides is 1. The Hall–Kier alpha value is -1.40. The monoisotopic (exact) mass is 270 g/mol. The molecule has 1 amide bonds. The molecule has 1 aromatic carbocycles.